The Morgan fingerprint density at radius 1 is 1.13 bits per heavy atom. The molecule has 0 spiro atoms. The highest BCUT2D eigenvalue weighted by Gasteiger charge is 2.56. The Morgan fingerprint density at radius 2 is 1.71 bits per heavy atom. The molecule has 1 amide bonds. The predicted molar refractivity (Wildman–Crippen MR) is 116 cm³/mol. The highest BCUT2D eigenvalue weighted by atomic mass is 35.5. The van der Waals surface area contributed by atoms with Gasteiger partial charge in [0.15, 0.2) is 11.9 Å². The van der Waals surface area contributed by atoms with Gasteiger partial charge in [0.2, 0.25) is 5.91 Å². The number of amides is 1. The molecule has 0 radical (unpaired) electrons. The summed E-state index contributed by atoms with van der Waals surface area (Å²) in [4.78, 5) is 39.3. The number of hydrogen-bond acceptors (Lipinski definition) is 6. The van der Waals surface area contributed by atoms with Crippen LogP contribution in [0.15, 0.2) is 71.4 Å². The van der Waals surface area contributed by atoms with Crippen molar-refractivity contribution in [3.8, 4) is 6.07 Å². The number of nitrogens with zero attached hydrogens (tertiary/aromatic N) is 2. The van der Waals surface area contributed by atoms with Gasteiger partial charge in [0, 0.05) is 5.75 Å². The molecule has 0 bridgehead atoms. The number of benzene rings is 2. The Hall–Kier alpha value is -3.08. The Balaban J connectivity index is 1.61. The molecule has 2 aromatic carbocycles. The number of ketones is 1. The highest BCUT2D eigenvalue weighted by Crippen LogP contribution is 2.46. The van der Waals surface area contributed by atoms with Gasteiger partial charge in [0.1, 0.15) is 17.0 Å². The van der Waals surface area contributed by atoms with E-state index >= 15 is 0 Å². The van der Waals surface area contributed by atoms with Crippen molar-refractivity contribution < 1.29 is 19.1 Å². The number of rotatable bonds is 6. The number of hydrogen-bond donors (Lipinski definition) is 0. The standard InChI is InChI=1S/C23H17ClN2O4S/c24-16-13-31-22-18(17(27)11-12-25)21(28)26(22)19(16)23(29)30-20(14-7-3-1-4-8-14)15-9-5-2-6-10-15/h1-10,18,20,22H,11,13H2/t18?,22-/m1/s1. The predicted octanol–water partition coefficient (Wildman–Crippen LogP) is 3.78. The second-order valence-corrected chi connectivity index (χ2v) is 8.61. The number of β-lactam (4-membered cyclic amide) rings is 1. The molecule has 156 valence electrons. The van der Waals surface area contributed by atoms with Crippen LogP contribution in [0.3, 0.4) is 0 Å². The van der Waals surface area contributed by atoms with Crippen LogP contribution in [0, 0.1) is 17.2 Å². The summed E-state index contributed by atoms with van der Waals surface area (Å²) in [5.74, 6) is -2.36. The Morgan fingerprint density at radius 3 is 2.26 bits per heavy atom. The van der Waals surface area contributed by atoms with Crippen molar-refractivity contribution in [2.45, 2.75) is 17.9 Å². The largest absolute Gasteiger partial charge is 0.448 e. The van der Waals surface area contributed by atoms with E-state index in [2.05, 4.69) is 0 Å². The summed E-state index contributed by atoms with van der Waals surface area (Å²) < 4.78 is 5.86. The van der Waals surface area contributed by atoms with Gasteiger partial charge in [0.25, 0.3) is 0 Å². The molecule has 8 heteroatoms. The molecular formula is C23H17ClN2O4S. The first-order valence-corrected chi connectivity index (χ1v) is 11.0. The molecule has 31 heavy (non-hydrogen) atoms. The lowest BCUT2D eigenvalue weighted by Crippen LogP contribution is -2.63. The van der Waals surface area contributed by atoms with Gasteiger partial charge in [-0.05, 0) is 11.1 Å². The lowest BCUT2D eigenvalue weighted by Gasteiger charge is -2.48. The van der Waals surface area contributed by atoms with Crippen LogP contribution in [0.25, 0.3) is 0 Å². The number of ether oxygens (including phenoxy) is 1. The highest BCUT2D eigenvalue weighted by molar-refractivity contribution is 8.00. The number of halogens is 1. The first-order valence-electron chi connectivity index (χ1n) is 9.56. The molecule has 0 saturated carbocycles. The molecule has 1 unspecified atom stereocenters. The fourth-order valence-corrected chi connectivity index (χ4v) is 5.30. The number of esters is 1. The van der Waals surface area contributed by atoms with Crippen molar-refractivity contribution in [3.63, 3.8) is 0 Å². The van der Waals surface area contributed by atoms with Crippen LogP contribution in [0.5, 0.6) is 0 Å². The number of carbonyl (C=O) groups is 3. The molecule has 1 saturated heterocycles. The minimum absolute atomic E-state index is 0.0340. The maximum absolute atomic E-state index is 13.2. The Bertz CT molecular complexity index is 1060. The van der Waals surface area contributed by atoms with Gasteiger partial charge in [-0.2, -0.15) is 5.26 Å². The second kappa shape index (κ2) is 8.96. The summed E-state index contributed by atoms with van der Waals surface area (Å²) in [5.41, 5.74) is 1.52. The third-order valence-electron chi connectivity index (χ3n) is 5.14. The Kier molecular flexibility index (Phi) is 6.12. The van der Waals surface area contributed by atoms with Crippen LogP contribution in [-0.4, -0.2) is 33.7 Å². The lowest BCUT2D eigenvalue weighted by atomic mass is 9.90. The monoisotopic (exact) mass is 452 g/mol. The fraction of sp³-hybridized carbons (Fsp3) is 0.217. The summed E-state index contributed by atoms with van der Waals surface area (Å²) in [6, 6.07) is 20.3. The van der Waals surface area contributed by atoms with E-state index in [1.165, 1.54) is 16.7 Å². The van der Waals surface area contributed by atoms with E-state index in [9.17, 15) is 14.4 Å². The Labute approximate surface area is 188 Å². The zero-order chi connectivity index (χ0) is 22.0. The maximum atomic E-state index is 13.2. The van der Waals surface area contributed by atoms with E-state index < -0.39 is 35.1 Å². The van der Waals surface area contributed by atoms with Gasteiger partial charge in [0.05, 0.1) is 17.5 Å². The maximum Gasteiger partial charge on any atom is 0.357 e. The fourth-order valence-electron chi connectivity index (χ4n) is 3.67. The minimum Gasteiger partial charge on any atom is -0.448 e. The van der Waals surface area contributed by atoms with E-state index in [0.717, 1.165) is 11.1 Å². The summed E-state index contributed by atoms with van der Waals surface area (Å²) in [7, 11) is 0. The molecule has 0 N–H and O–H groups in total. The normalized spacial score (nSPS) is 20.0. The van der Waals surface area contributed by atoms with E-state index in [1.807, 2.05) is 60.7 Å². The smallest absolute Gasteiger partial charge is 0.357 e. The summed E-state index contributed by atoms with van der Waals surface area (Å²) in [6.45, 7) is 0. The van der Waals surface area contributed by atoms with E-state index in [0.29, 0.717) is 0 Å². The SMILES string of the molecule is N#CCC(=O)C1C(=O)N2C(C(=O)OC(c3ccccc3)c3ccccc3)=C(Cl)CS[C@H]12. The number of thioether (sulfide) groups is 1. The molecule has 2 aromatic rings. The first kappa shape index (κ1) is 21.2. The third kappa shape index (κ3) is 3.97. The zero-order valence-electron chi connectivity index (χ0n) is 16.2. The van der Waals surface area contributed by atoms with Crippen molar-refractivity contribution in [2.24, 2.45) is 5.92 Å². The van der Waals surface area contributed by atoms with Crippen LogP contribution in [0.1, 0.15) is 23.7 Å². The molecule has 2 atom stereocenters. The summed E-state index contributed by atoms with van der Waals surface area (Å²) >= 11 is 7.62. The number of carbonyl (C=O) groups excluding carboxylic acids is 3. The lowest BCUT2D eigenvalue weighted by molar-refractivity contribution is -0.159. The minimum atomic E-state index is -0.934. The van der Waals surface area contributed by atoms with Crippen LogP contribution in [-0.2, 0) is 19.1 Å². The van der Waals surface area contributed by atoms with Crippen molar-refractivity contribution >= 4 is 41.0 Å². The first-order chi connectivity index (χ1) is 15.0. The topological polar surface area (TPSA) is 87.5 Å². The van der Waals surface area contributed by atoms with Crippen molar-refractivity contribution in [3.05, 3.63) is 82.5 Å². The summed E-state index contributed by atoms with van der Waals surface area (Å²) in [5, 5.41) is 8.43. The number of Topliss-reactive ketones (excluding diaryl/α,β-unsaturated/α-hetero) is 1. The van der Waals surface area contributed by atoms with Gasteiger partial charge in [-0.1, -0.05) is 72.3 Å². The molecule has 6 nitrogen and oxygen atoms in total. The van der Waals surface area contributed by atoms with E-state index in [-0.39, 0.29) is 22.9 Å². The van der Waals surface area contributed by atoms with Crippen molar-refractivity contribution in [1.82, 2.24) is 4.90 Å². The van der Waals surface area contributed by atoms with Gasteiger partial charge in [-0.25, -0.2) is 4.79 Å². The molecule has 0 aliphatic carbocycles. The molecule has 1 fully saturated rings. The van der Waals surface area contributed by atoms with Crippen LogP contribution in [0.4, 0.5) is 0 Å². The second-order valence-electron chi connectivity index (χ2n) is 7.05. The van der Waals surface area contributed by atoms with Gasteiger partial charge in [-0.15, -0.1) is 11.8 Å². The van der Waals surface area contributed by atoms with Crippen LogP contribution < -0.4 is 0 Å². The molecule has 0 aromatic heterocycles. The number of nitriles is 1. The van der Waals surface area contributed by atoms with Crippen LogP contribution in [0.2, 0.25) is 0 Å². The molecule has 2 heterocycles. The van der Waals surface area contributed by atoms with Crippen molar-refractivity contribution in [2.75, 3.05) is 5.75 Å². The average Bonchev–Trinajstić information content (AvgIpc) is 2.79. The third-order valence-corrected chi connectivity index (χ3v) is 6.90. The molecular weight excluding hydrogens is 436 g/mol. The molecule has 4 rings (SSSR count). The quantitative estimate of drug-likeness (QED) is 0.376. The summed E-state index contributed by atoms with van der Waals surface area (Å²) in [6.07, 6.45) is -1.03. The van der Waals surface area contributed by atoms with E-state index in [1.54, 1.807) is 6.07 Å². The van der Waals surface area contributed by atoms with Gasteiger partial charge < -0.3 is 4.74 Å². The molecule has 2 aliphatic rings. The van der Waals surface area contributed by atoms with E-state index in [4.69, 9.17) is 21.6 Å². The average molecular weight is 453 g/mol. The van der Waals surface area contributed by atoms with Crippen molar-refractivity contribution in [1.29, 1.82) is 5.26 Å². The van der Waals surface area contributed by atoms with Crippen LogP contribution >= 0.6 is 23.4 Å². The zero-order valence-corrected chi connectivity index (χ0v) is 17.8. The van der Waals surface area contributed by atoms with Gasteiger partial charge in [-0.3, -0.25) is 14.5 Å². The number of fused-ring (bicyclic) bond motifs is 1. The van der Waals surface area contributed by atoms with Gasteiger partial charge >= 0.3 is 5.97 Å². The molecule has 2 aliphatic heterocycles.